The number of anilines is 1. The highest BCUT2D eigenvalue weighted by atomic mass is 35.5. The molecule has 3 rings (SSSR count). The van der Waals surface area contributed by atoms with Crippen LogP contribution in [0.25, 0.3) is 0 Å². The van der Waals surface area contributed by atoms with Crippen LogP contribution in [0.2, 0.25) is 5.02 Å². The summed E-state index contributed by atoms with van der Waals surface area (Å²) in [5.74, 6) is -0.336. The van der Waals surface area contributed by atoms with Gasteiger partial charge in [0.25, 0.3) is 0 Å². The van der Waals surface area contributed by atoms with E-state index in [4.69, 9.17) is 11.6 Å². The van der Waals surface area contributed by atoms with E-state index in [1.807, 2.05) is 45.0 Å². The Morgan fingerprint density at radius 1 is 1.15 bits per heavy atom. The van der Waals surface area contributed by atoms with Crippen molar-refractivity contribution in [3.05, 3.63) is 63.7 Å². The molecule has 0 saturated carbocycles. The highest BCUT2D eigenvalue weighted by Gasteiger charge is 2.34. The summed E-state index contributed by atoms with van der Waals surface area (Å²) >= 11 is 5.90. The van der Waals surface area contributed by atoms with Crippen molar-refractivity contribution in [3.8, 4) is 0 Å². The van der Waals surface area contributed by atoms with Crippen LogP contribution in [0.5, 0.6) is 0 Å². The molecule has 1 N–H and O–H groups in total. The number of carbonyl (C=O) groups excluding carboxylic acids is 2. The van der Waals surface area contributed by atoms with E-state index < -0.39 is 0 Å². The predicted molar refractivity (Wildman–Crippen MR) is 109 cm³/mol. The molecule has 1 unspecified atom stereocenters. The van der Waals surface area contributed by atoms with Crippen LogP contribution in [-0.2, 0) is 16.0 Å². The molecule has 1 saturated heterocycles. The molecule has 5 heteroatoms. The zero-order chi connectivity index (χ0) is 19.6. The van der Waals surface area contributed by atoms with E-state index in [9.17, 15) is 9.59 Å². The molecular weight excluding hydrogens is 360 g/mol. The van der Waals surface area contributed by atoms with Gasteiger partial charge in [-0.15, -0.1) is 0 Å². The molecule has 0 radical (unpaired) electrons. The Hall–Kier alpha value is -2.33. The molecule has 1 aliphatic rings. The summed E-state index contributed by atoms with van der Waals surface area (Å²) in [6.45, 7) is 7.12. The number of hydrogen-bond acceptors (Lipinski definition) is 2. The first-order valence-corrected chi connectivity index (χ1v) is 9.62. The van der Waals surface area contributed by atoms with Gasteiger partial charge in [0.2, 0.25) is 11.8 Å². The maximum atomic E-state index is 12.7. The van der Waals surface area contributed by atoms with E-state index in [1.165, 1.54) is 5.56 Å². The Morgan fingerprint density at radius 2 is 1.78 bits per heavy atom. The van der Waals surface area contributed by atoms with Crippen LogP contribution >= 0.6 is 11.6 Å². The number of halogens is 1. The summed E-state index contributed by atoms with van der Waals surface area (Å²) in [6.07, 6.45) is 1.03. The molecule has 4 nitrogen and oxygen atoms in total. The van der Waals surface area contributed by atoms with Crippen LogP contribution in [0.1, 0.15) is 28.7 Å². The van der Waals surface area contributed by atoms with Crippen molar-refractivity contribution in [2.75, 3.05) is 18.4 Å². The van der Waals surface area contributed by atoms with Gasteiger partial charge in [-0.1, -0.05) is 41.4 Å². The molecule has 1 aliphatic heterocycles. The summed E-state index contributed by atoms with van der Waals surface area (Å²) in [5, 5.41) is 3.74. The molecule has 27 heavy (non-hydrogen) atoms. The van der Waals surface area contributed by atoms with Gasteiger partial charge in [-0.2, -0.15) is 0 Å². The van der Waals surface area contributed by atoms with E-state index in [0.29, 0.717) is 18.1 Å². The van der Waals surface area contributed by atoms with E-state index in [-0.39, 0.29) is 24.2 Å². The first-order chi connectivity index (χ1) is 12.8. The molecule has 0 aromatic heterocycles. The summed E-state index contributed by atoms with van der Waals surface area (Å²) in [7, 11) is 0. The normalized spacial score (nSPS) is 16.7. The lowest BCUT2D eigenvalue weighted by Crippen LogP contribution is -2.30. The Kier molecular flexibility index (Phi) is 5.85. The minimum atomic E-state index is -0.303. The summed E-state index contributed by atoms with van der Waals surface area (Å²) < 4.78 is 0. The maximum absolute atomic E-state index is 12.7. The highest BCUT2D eigenvalue weighted by molar-refractivity contribution is 6.30. The van der Waals surface area contributed by atoms with Gasteiger partial charge in [-0.3, -0.25) is 9.59 Å². The maximum Gasteiger partial charge on any atom is 0.229 e. The van der Waals surface area contributed by atoms with Crippen molar-refractivity contribution >= 4 is 29.1 Å². The minimum Gasteiger partial charge on any atom is -0.342 e. The van der Waals surface area contributed by atoms with Gasteiger partial charge in [-0.05, 0) is 56.0 Å². The third kappa shape index (κ3) is 4.69. The fraction of sp³-hybridized carbons (Fsp3) is 0.364. The van der Waals surface area contributed by atoms with E-state index >= 15 is 0 Å². The summed E-state index contributed by atoms with van der Waals surface area (Å²) in [4.78, 5) is 26.8. The molecule has 1 heterocycles. The summed E-state index contributed by atoms with van der Waals surface area (Å²) in [5.41, 5.74) is 5.26. The lowest BCUT2D eigenvalue weighted by Gasteiger charge is -2.18. The SMILES string of the molecule is Cc1cc(C)c(NC(=O)C2CC(=O)N(CCc3ccc(Cl)cc3)C2)c(C)c1. The van der Waals surface area contributed by atoms with Crippen molar-refractivity contribution in [2.45, 2.75) is 33.6 Å². The van der Waals surface area contributed by atoms with Crippen molar-refractivity contribution in [1.29, 1.82) is 0 Å². The van der Waals surface area contributed by atoms with Crippen LogP contribution in [0.4, 0.5) is 5.69 Å². The van der Waals surface area contributed by atoms with Crippen LogP contribution < -0.4 is 5.32 Å². The standard InChI is InChI=1S/C22H25ClN2O2/c1-14-10-15(2)21(16(3)11-14)24-22(27)18-12-20(26)25(13-18)9-8-17-4-6-19(23)7-5-17/h4-7,10-11,18H,8-9,12-13H2,1-3H3,(H,24,27). The summed E-state index contributed by atoms with van der Waals surface area (Å²) in [6, 6.07) is 11.8. The van der Waals surface area contributed by atoms with Crippen LogP contribution in [0, 0.1) is 26.7 Å². The molecule has 2 amide bonds. The number of rotatable bonds is 5. The molecule has 0 aliphatic carbocycles. The number of aryl methyl sites for hydroxylation is 3. The fourth-order valence-corrected chi connectivity index (χ4v) is 3.81. The second-order valence-corrected chi connectivity index (χ2v) is 7.82. The van der Waals surface area contributed by atoms with Crippen molar-refractivity contribution in [1.82, 2.24) is 4.90 Å². The third-order valence-electron chi connectivity index (χ3n) is 5.09. The van der Waals surface area contributed by atoms with E-state index in [0.717, 1.165) is 28.8 Å². The molecular formula is C22H25ClN2O2. The zero-order valence-electron chi connectivity index (χ0n) is 16.0. The van der Waals surface area contributed by atoms with Gasteiger partial charge in [0.15, 0.2) is 0 Å². The first kappa shape index (κ1) is 19.4. The number of benzene rings is 2. The quantitative estimate of drug-likeness (QED) is 0.835. The molecule has 2 aromatic rings. The zero-order valence-corrected chi connectivity index (χ0v) is 16.8. The average Bonchev–Trinajstić information content (AvgIpc) is 2.98. The van der Waals surface area contributed by atoms with Crippen LogP contribution in [0.15, 0.2) is 36.4 Å². The Balaban J connectivity index is 1.59. The average molecular weight is 385 g/mol. The van der Waals surface area contributed by atoms with Gasteiger partial charge < -0.3 is 10.2 Å². The second-order valence-electron chi connectivity index (χ2n) is 7.38. The minimum absolute atomic E-state index is 0.0430. The van der Waals surface area contributed by atoms with Crippen molar-refractivity contribution < 1.29 is 9.59 Å². The Labute approximate surface area is 165 Å². The third-order valence-corrected chi connectivity index (χ3v) is 5.35. The molecule has 1 fully saturated rings. The first-order valence-electron chi connectivity index (χ1n) is 9.24. The monoisotopic (exact) mass is 384 g/mol. The number of amides is 2. The van der Waals surface area contributed by atoms with Crippen molar-refractivity contribution in [2.24, 2.45) is 5.92 Å². The molecule has 0 bridgehead atoms. The molecule has 142 valence electrons. The highest BCUT2D eigenvalue weighted by Crippen LogP contribution is 2.25. The lowest BCUT2D eigenvalue weighted by atomic mass is 10.0. The number of nitrogens with one attached hydrogen (secondary N) is 1. The number of hydrogen-bond donors (Lipinski definition) is 1. The Morgan fingerprint density at radius 3 is 2.41 bits per heavy atom. The van der Waals surface area contributed by atoms with E-state index in [1.54, 1.807) is 4.90 Å². The van der Waals surface area contributed by atoms with Gasteiger partial charge in [0.05, 0.1) is 5.92 Å². The topological polar surface area (TPSA) is 49.4 Å². The van der Waals surface area contributed by atoms with E-state index in [2.05, 4.69) is 17.4 Å². The largest absolute Gasteiger partial charge is 0.342 e. The number of likely N-dealkylation sites (tertiary alicyclic amines) is 1. The number of nitrogens with zero attached hydrogens (tertiary/aromatic N) is 1. The number of carbonyl (C=O) groups is 2. The van der Waals surface area contributed by atoms with Crippen LogP contribution in [0.3, 0.4) is 0 Å². The molecule has 1 atom stereocenters. The smallest absolute Gasteiger partial charge is 0.229 e. The second kappa shape index (κ2) is 8.13. The molecule has 2 aromatic carbocycles. The van der Waals surface area contributed by atoms with Crippen molar-refractivity contribution in [3.63, 3.8) is 0 Å². The van der Waals surface area contributed by atoms with Gasteiger partial charge >= 0.3 is 0 Å². The fourth-order valence-electron chi connectivity index (χ4n) is 3.68. The van der Waals surface area contributed by atoms with Gasteiger partial charge in [0.1, 0.15) is 0 Å². The Bertz CT molecular complexity index is 838. The predicted octanol–water partition coefficient (Wildman–Crippen LogP) is 4.29. The van der Waals surface area contributed by atoms with Crippen LogP contribution in [-0.4, -0.2) is 29.8 Å². The van der Waals surface area contributed by atoms with Gasteiger partial charge in [-0.25, -0.2) is 0 Å². The van der Waals surface area contributed by atoms with Gasteiger partial charge in [0, 0.05) is 30.2 Å². The molecule has 0 spiro atoms. The lowest BCUT2D eigenvalue weighted by molar-refractivity contribution is -0.128.